The maximum absolute atomic E-state index is 12.6. The minimum Gasteiger partial charge on any atom is -0.390 e. The smallest absolute Gasteiger partial charge is 0.254 e. The molecule has 24 heavy (non-hydrogen) atoms. The van der Waals surface area contributed by atoms with Gasteiger partial charge in [-0.05, 0) is 50.8 Å². The number of carbonyl (C=O) groups excluding carboxylic acids is 1. The number of rotatable bonds is 7. The van der Waals surface area contributed by atoms with E-state index in [2.05, 4.69) is 5.16 Å². The van der Waals surface area contributed by atoms with Crippen molar-refractivity contribution in [2.75, 3.05) is 7.05 Å². The topological polar surface area (TPSA) is 66.6 Å². The van der Waals surface area contributed by atoms with Crippen LogP contribution in [0.5, 0.6) is 0 Å². The third kappa shape index (κ3) is 5.20. The molecular weight excluding hydrogens is 304 g/mol. The second-order valence-corrected chi connectivity index (χ2v) is 6.81. The maximum Gasteiger partial charge on any atom is 0.254 e. The number of hydrogen-bond acceptors (Lipinski definition) is 4. The average molecular weight is 330 g/mol. The van der Waals surface area contributed by atoms with E-state index in [1.165, 1.54) is 0 Å². The van der Waals surface area contributed by atoms with Crippen molar-refractivity contribution in [3.05, 3.63) is 52.9 Å². The van der Waals surface area contributed by atoms with Gasteiger partial charge in [-0.3, -0.25) is 4.79 Å². The zero-order valence-corrected chi connectivity index (χ0v) is 14.9. The van der Waals surface area contributed by atoms with Gasteiger partial charge in [0.15, 0.2) is 5.76 Å². The lowest BCUT2D eigenvalue weighted by Gasteiger charge is -2.18. The summed E-state index contributed by atoms with van der Waals surface area (Å²) < 4.78 is 5.24. The Balaban J connectivity index is 2.02. The molecule has 0 aliphatic heterocycles. The van der Waals surface area contributed by atoms with Gasteiger partial charge in [0.2, 0.25) is 0 Å². The molecule has 0 aliphatic carbocycles. The van der Waals surface area contributed by atoms with E-state index in [4.69, 9.17) is 4.52 Å². The Morgan fingerprint density at radius 2 is 2.08 bits per heavy atom. The number of aliphatic hydroxyl groups is 1. The van der Waals surface area contributed by atoms with Gasteiger partial charge < -0.3 is 14.5 Å². The molecule has 0 bridgehead atoms. The zero-order chi connectivity index (χ0) is 17.7. The van der Waals surface area contributed by atoms with Crippen LogP contribution in [0, 0.1) is 0 Å². The SMILES string of the molecule is CCc1cc(CN(C)C(=O)c2cccc(CCC(C)(C)O)c2)on1. The Morgan fingerprint density at radius 1 is 1.33 bits per heavy atom. The van der Waals surface area contributed by atoms with Gasteiger partial charge in [-0.25, -0.2) is 0 Å². The molecule has 5 nitrogen and oxygen atoms in total. The van der Waals surface area contributed by atoms with Crippen LogP contribution in [0.15, 0.2) is 34.9 Å². The largest absolute Gasteiger partial charge is 0.390 e. The second-order valence-electron chi connectivity index (χ2n) is 6.81. The summed E-state index contributed by atoms with van der Waals surface area (Å²) in [6.07, 6.45) is 2.19. The molecule has 0 atom stereocenters. The molecular formula is C19H26N2O3. The van der Waals surface area contributed by atoms with Crippen LogP contribution < -0.4 is 0 Å². The Bertz CT molecular complexity index is 686. The first-order valence-corrected chi connectivity index (χ1v) is 8.30. The standard InChI is InChI=1S/C19H26N2O3/c1-5-16-12-17(24-20-16)13-21(4)18(22)15-8-6-7-14(11-15)9-10-19(2,3)23/h6-8,11-12,23H,5,9-10,13H2,1-4H3. The molecule has 1 aromatic heterocycles. The summed E-state index contributed by atoms with van der Waals surface area (Å²) in [5.74, 6) is 0.621. The predicted octanol–water partition coefficient (Wildman–Crippen LogP) is 3.21. The summed E-state index contributed by atoms with van der Waals surface area (Å²) in [6, 6.07) is 9.44. The van der Waals surface area contributed by atoms with Gasteiger partial charge in [-0.2, -0.15) is 0 Å². The fourth-order valence-electron chi connectivity index (χ4n) is 2.43. The Hall–Kier alpha value is -2.14. The fraction of sp³-hybridized carbons (Fsp3) is 0.474. The summed E-state index contributed by atoms with van der Waals surface area (Å²) in [5, 5.41) is 13.8. The number of aryl methyl sites for hydroxylation is 2. The molecule has 0 radical (unpaired) electrons. The molecule has 0 fully saturated rings. The number of nitrogens with zero attached hydrogens (tertiary/aromatic N) is 2. The molecule has 2 aromatic rings. The highest BCUT2D eigenvalue weighted by Crippen LogP contribution is 2.16. The van der Waals surface area contributed by atoms with Crippen molar-refractivity contribution in [2.24, 2.45) is 0 Å². The number of amides is 1. The average Bonchev–Trinajstić information content (AvgIpc) is 2.99. The van der Waals surface area contributed by atoms with Crippen molar-refractivity contribution in [1.82, 2.24) is 10.1 Å². The minimum absolute atomic E-state index is 0.0606. The first-order chi connectivity index (χ1) is 11.3. The summed E-state index contributed by atoms with van der Waals surface area (Å²) in [5.41, 5.74) is 1.87. The highest BCUT2D eigenvalue weighted by Gasteiger charge is 2.16. The first-order valence-electron chi connectivity index (χ1n) is 8.30. The molecule has 1 N–H and O–H groups in total. The van der Waals surface area contributed by atoms with E-state index >= 15 is 0 Å². The highest BCUT2D eigenvalue weighted by molar-refractivity contribution is 5.94. The van der Waals surface area contributed by atoms with Gasteiger partial charge in [0.1, 0.15) is 0 Å². The third-order valence-electron chi connectivity index (χ3n) is 3.91. The molecule has 1 amide bonds. The van der Waals surface area contributed by atoms with E-state index in [0.29, 0.717) is 24.3 Å². The molecule has 0 aliphatic rings. The van der Waals surface area contributed by atoms with E-state index in [1.807, 2.05) is 37.3 Å². The summed E-state index contributed by atoms with van der Waals surface area (Å²) in [4.78, 5) is 14.2. The van der Waals surface area contributed by atoms with Crippen LogP contribution in [0.4, 0.5) is 0 Å². The van der Waals surface area contributed by atoms with Gasteiger partial charge in [-0.15, -0.1) is 0 Å². The number of hydrogen-bond donors (Lipinski definition) is 1. The van der Waals surface area contributed by atoms with E-state index in [9.17, 15) is 9.90 Å². The van der Waals surface area contributed by atoms with Gasteiger partial charge >= 0.3 is 0 Å². The van der Waals surface area contributed by atoms with Crippen molar-refractivity contribution in [1.29, 1.82) is 0 Å². The molecule has 0 spiro atoms. The monoisotopic (exact) mass is 330 g/mol. The van der Waals surface area contributed by atoms with Crippen LogP contribution in [0.1, 0.15) is 54.6 Å². The molecule has 0 unspecified atom stereocenters. The van der Waals surface area contributed by atoms with Crippen LogP contribution in [0.25, 0.3) is 0 Å². The van der Waals surface area contributed by atoms with Crippen LogP contribution in [-0.2, 0) is 19.4 Å². The molecule has 130 valence electrons. The van der Waals surface area contributed by atoms with Crippen LogP contribution in [0.3, 0.4) is 0 Å². The summed E-state index contributed by atoms with van der Waals surface area (Å²) in [7, 11) is 1.75. The van der Waals surface area contributed by atoms with E-state index in [-0.39, 0.29) is 5.91 Å². The lowest BCUT2D eigenvalue weighted by atomic mass is 9.98. The van der Waals surface area contributed by atoms with E-state index in [1.54, 1.807) is 25.8 Å². The maximum atomic E-state index is 12.6. The second kappa shape index (κ2) is 7.62. The quantitative estimate of drug-likeness (QED) is 0.846. The van der Waals surface area contributed by atoms with Gasteiger partial charge in [0.05, 0.1) is 17.8 Å². The highest BCUT2D eigenvalue weighted by atomic mass is 16.5. The van der Waals surface area contributed by atoms with Crippen LogP contribution in [0.2, 0.25) is 0 Å². The normalized spacial score (nSPS) is 11.5. The molecule has 0 saturated carbocycles. The van der Waals surface area contributed by atoms with Crippen LogP contribution >= 0.6 is 0 Å². The van der Waals surface area contributed by atoms with Gasteiger partial charge in [0, 0.05) is 18.7 Å². The van der Waals surface area contributed by atoms with Crippen molar-refractivity contribution in [2.45, 2.75) is 52.2 Å². The fourth-order valence-corrected chi connectivity index (χ4v) is 2.43. The van der Waals surface area contributed by atoms with Crippen molar-refractivity contribution < 1.29 is 14.4 Å². The lowest BCUT2D eigenvalue weighted by molar-refractivity contribution is 0.0714. The minimum atomic E-state index is -0.708. The molecule has 5 heteroatoms. The molecule has 1 heterocycles. The van der Waals surface area contributed by atoms with Gasteiger partial charge in [-0.1, -0.05) is 24.2 Å². The van der Waals surface area contributed by atoms with Crippen molar-refractivity contribution in [3.63, 3.8) is 0 Å². The zero-order valence-electron chi connectivity index (χ0n) is 14.9. The van der Waals surface area contributed by atoms with Crippen molar-refractivity contribution in [3.8, 4) is 0 Å². The Morgan fingerprint density at radius 3 is 2.71 bits per heavy atom. The van der Waals surface area contributed by atoms with Crippen molar-refractivity contribution >= 4 is 5.91 Å². The lowest BCUT2D eigenvalue weighted by Crippen LogP contribution is -2.26. The molecule has 1 aromatic carbocycles. The Labute approximate surface area is 143 Å². The van der Waals surface area contributed by atoms with Crippen LogP contribution in [-0.4, -0.2) is 33.7 Å². The molecule has 0 saturated heterocycles. The molecule has 2 rings (SSSR count). The van der Waals surface area contributed by atoms with E-state index in [0.717, 1.165) is 24.1 Å². The third-order valence-corrected chi connectivity index (χ3v) is 3.91. The number of carbonyl (C=O) groups is 1. The number of aromatic nitrogens is 1. The van der Waals surface area contributed by atoms with Gasteiger partial charge in [0.25, 0.3) is 5.91 Å². The predicted molar refractivity (Wildman–Crippen MR) is 92.7 cm³/mol. The van der Waals surface area contributed by atoms with E-state index < -0.39 is 5.60 Å². The summed E-state index contributed by atoms with van der Waals surface area (Å²) >= 11 is 0. The number of benzene rings is 1. The summed E-state index contributed by atoms with van der Waals surface area (Å²) in [6.45, 7) is 5.98. The first kappa shape index (κ1) is 18.2. The Kier molecular flexibility index (Phi) is 5.78.